The summed E-state index contributed by atoms with van der Waals surface area (Å²) < 4.78 is 45.5. The standard InChI is InChI=1S/C16H19F3N4O3/c17-16(18,19)26-12-3-1-11(2-4-12)25-9-13(24)23-7-5-15(6-8-23)10-21-14(20)22-15/h1-4H,5-10H2,(H3,20,21,22). The van der Waals surface area contributed by atoms with E-state index in [-0.39, 0.29) is 29.6 Å². The minimum atomic E-state index is -4.74. The molecule has 0 unspecified atom stereocenters. The number of benzene rings is 1. The molecule has 2 fully saturated rings. The van der Waals surface area contributed by atoms with Gasteiger partial charge in [0.25, 0.3) is 5.91 Å². The molecule has 2 saturated heterocycles. The van der Waals surface area contributed by atoms with Gasteiger partial charge in [-0.05, 0) is 37.1 Å². The van der Waals surface area contributed by atoms with Crippen LogP contribution in [0.1, 0.15) is 12.8 Å². The van der Waals surface area contributed by atoms with Gasteiger partial charge in [-0.15, -0.1) is 13.2 Å². The average molecular weight is 372 g/mol. The van der Waals surface area contributed by atoms with Crippen LogP contribution in [0.25, 0.3) is 0 Å². The Labute approximate surface area is 147 Å². The zero-order valence-electron chi connectivity index (χ0n) is 13.9. The zero-order chi connectivity index (χ0) is 18.8. The van der Waals surface area contributed by atoms with E-state index in [9.17, 15) is 18.0 Å². The van der Waals surface area contributed by atoms with E-state index in [1.165, 1.54) is 12.1 Å². The first kappa shape index (κ1) is 18.2. The lowest BCUT2D eigenvalue weighted by molar-refractivity contribution is -0.274. The molecule has 0 bridgehead atoms. The number of hydrogen-bond acceptors (Lipinski definition) is 4. The van der Waals surface area contributed by atoms with Crippen LogP contribution in [-0.2, 0) is 4.79 Å². The number of rotatable bonds is 4. The molecule has 3 rings (SSSR count). The van der Waals surface area contributed by atoms with E-state index < -0.39 is 6.36 Å². The van der Waals surface area contributed by atoms with Crippen molar-refractivity contribution in [2.24, 2.45) is 0 Å². The van der Waals surface area contributed by atoms with Gasteiger partial charge in [0, 0.05) is 19.6 Å². The number of carbonyl (C=O) groups excluding carboxylic acids is 1. The van der Waals surface area contributed by atoms with Crippen molar-refractivity contribution in [1.82, 2.24) is 15.5 Å². The van der Waals surface area contributed by atoms with Gasteiger partial charge in [0.2, 0.25) is 0 Å². The summed E-state index contributed by atoms with van der Waals surface area (Å²) in [6.45, 7) is 1.61. The average Bonchev–Trinajstić information content (AvgIpc) is 2.94. The maximum absolute atomic E-state index is 12.2. The van der Waals surface area contributed by atoms with E-state index in [4.69, 9.17) is 10.1 Å². The summed E-state index contributed by atoms with van der Waals surface area (Å²) in [5.74, 6) is 0.0692. The summed E-state index contributed by atoms with van der Waals surface area (Å²) in [4.78, 5) is 13.9. The molecule has 1 amide bonds. The highest BCUT2D eigenvalue weighted by Crippen LogP contribution is 2.26. The number of nitrogens with one attached hydrogen (secondary N) is 3. The van der Waals surface area contributed by atoms with Crippen LogP contribution in [0.4, 0.5) is 13.2 Å². The highest BCUT2D eigenvalue weighted by Gasteiger charge is 2.40. The largest absolute Gasteiger partial charge is 0.573 e. The minimum Gasteiger partial charge on any atom is -0.484 e. The number of halogens is 3. The molecule has 2 aliphatic rings. The Morgan fingerprint density at radius 3 is 2.35 bits per heavy atom. The van der Waals surface area contributed by atoms with Crippen LogP contribution in [0.2, 0.25) is 0 Å². The number of likely N-dealkylation sites (tertiary alicyclic amines) is 1. The highest BCUT2D eigenvalue weighted by atomic mass is 19.4. The first-order chi connectivity index (χ1) is 12.2. The fourth-order valence-electron chi connectivity index (χ4n) is 3.07. The predicted molar refractivity (Wildman–Crippen MR) is 86.0 cm³/mol. The Bertz CT molecular complexity index is 670. The summed E-state index contributed by atoms with van der Waals surface area (Å²) in [6.07, 6.45) is -3.28. The van der Waals surface area contributed by atoms with Crippen LogP contribution in [-0.4, -0.2) is 54.9 Å². The lowest BCUT2D eigenvalue weighted by Gasteiger charge is -2.38. The van der Waals surface area contributed by atoms with Crippen molar-refractivity contribution in [2.45, 2.75) is 24.7 Å². The van der Waals surface area contributed by atoms with E-state index in [2.05, 4.69) is 15.4 Å². The molecule has 0 atom stereocenters. The molecule has 142 valence electrons. The van der Waals surface area contributed by atoms with Crippen molar-refractivity contribution in [3.63, 3.8) is 0 Å². The Morgan fingerprint density at radius 1 is 1.19 bits per heavy atom. The van der Waals surface area contributed by atoms with E-state index in [1.54, 1.807) is 4.90 Å². The molecule has 0 aliphatic carbocycles. The van der Waals surface area contributed by atoms with Gasteiger partial charge >= 0.3 is 6.36 Å². The van der Waals surface area contributed by atoms with E-state index in [1.807, 2.05) is 0 Å². The third kappa shape index (κ3) is 4.50. The van der Waals surface area contributed by atoms with Gasteiger partial charge in [-0.2, -0.15) is 0 Å². The summed E-state index contributed by atoms with van der Waals surface area (Å²) in [5, 5.41) is 13.6. The second kappa shape index (κ2) is 6.93. The van der Waals surface area contributed by atoms with Gasteiger partial charge in [-0.25, -0.2) is 0 Å². The van der Waals surface area contributed by atoms with Gasteiger partial charge in [0.1, 0.15) is 11.5 Å². The molecule has 0 radical (unpaired) electrons. The topological polar surface area (TPSA) is 86.7 Å². The molecule has 2 aliphatic heterocycles. The monoisotopic (exact) mass is 372 g/mol. The molecule has 0 saturated carbocycles. The summed E-state index contributed by atoms with van der Waals surface area (Å²) >= 11 is 0. The van der Waals surface area contributed by atoms with Crippen LogP contribution >= 0.6 is 0 Å². The lowest BCUT2D eigenvalue weighted by atomic mass is 9.88. The molecule has 2 heterocycles. The van der Waals surface area contributed by atoms with E-state index in [0.29, 0.717) is 25.6 Å². The van der Waals surface area contributed by atoms with Crippen LogP contribution in [0.5, 0.6) is 11.5 Å². The van der Waals surface area contributed by atoms with Crippen molar-refractivity contribution in [3.8, 4) is 11.5 Å². The normalized spacial score (nSPS) is 19.0. The first-order valence-corrected chi connectivity index (χ1v) is 8.12. The van der Waals surface area contributed by atoms with Gasteiger partial charge in [-0.3, -0.25) is 10.2 Å². The lowest BCUT2D eigenvalue weighted by Crippen LogP contribution is -2.54. The maximum Gasteiger partial charge on any atom is 0.573 e. The predicted octanol–water partition coefficient (Wildman–Crippen LogP) is 1.45. The number of nitrogens with zero attached hydrogens (tertiary/aromatic N) is 1. The van der Waals surface area contributed by atoms with Gasteiger partial charge in [-0.1, -0.05) is 0 Å². The molecule has 1 aromatic rings. The van der Waals surface area contributed by atoms with Gasteiger partial charge < -0.3 is 25.0 Å². The Balaban J connectivity index is 1.45. The Morgan fingerprint density at radius 2 is 1.81 bits per heavy atom. The fraction of sp³-hybridized carbons (Fsp3) is 0.500. The van der Waals surface area contributed by atoms with Crippen molar-refractivity contribution in [3.05, 3.63) is 24.3 Å². The summed E-state index contributed by atoms with van der Waals surface area (Å²) in [6, 6.07) is 4.90. The fourth-order valence-corrected chi connectivity index (χ4v) is 3.07. The van der Waals surface area contributed by atoms with Crippen molar-refractivity contribution >= 4 is 11.9 Å². The van der Waals surface area contributed by atoms with Crippen LogP contribution in [0, 0.1) is 5.41 Å². The SMILES string of the molecule is N=C1NCC2(CCN(C(=O)COc3ccc(OC(F)(F)F)cc3)CC2)N1. The molecule has 7 nitrogen and oxygen atoms in total. The minimum absolute atomic E-state index is 0.164. The maximum atomic E-state index is 12.2. The molecule has 1 aromatic carbocycles. The molecule has 0 aromatic heterocycles. The quantitative estimate of drug-likeness (QED) is 0.745. The first-order valence-electron chi connectivity index (χ1n) is 8.12. The second-order valence-corrected chi connectivity index (χ2v) is 6.32. The van der Waals surface area contributed by atoms with Crippen LogP contribution in [0.3, 0.4) is 0 Å². The molecular formula is C16H19F3N4O3. The Hall–Kier alpha value is -2.65. The number of carbonyl (C=O) groups is 1. The van der Waals surface area contributed by atoms with Gasteiger partial charge in [0.15, 0.2) is 12.6 Å². The number of amides is 1. The number of guanidine groups is 1. The third-order valence-corrected chi connectivity index (χ3v) is 4.49. The van der Waals surface area contributed by atoms with Crippen molar-refractivity contribution in [2.75, 3.05) is 26.2 Å². The van der Waals surface area contributed by atoms with Crippen LogP contribution in [0.15, 0.2) is 24.3 Å². The molecule has 26 heavy (non-hydrogen) atoms. The third-order valence-electron chi connectivity index (χ3n) is 4.49. The number of ether oxygens (including phenoxy) is 2. The highest BCUT2D eigenvalue weighted by molar-refractivity contribution is 5.80. The summed E-state index contributed by atoms with van der Waals surface area (Å²) in [5.41, 5.74) is -0.164. The summed E-state index contributed by atoms with van der Waals surface area (Å²) in [7, 11) is 0. The zero-order valence-corrected chi connectivity index (χ0v) is 13.9. The van der Waals surface area contributed by atoms with Gasteiger partial charge in [0.05, 0.1) is 5.54 Å². The number of piperidine rings is 1. The van der Waals surface area contributed by atoms with Crippen LogP contribution < -0.4 is 20.1 Å². The Kier molecular flexibility index (Phi) is 4.84. The number of alkyl halides is 3. The number of hydrogen-bond donors (Lipinski definition) is 3. The molecule has 1 spiro atoms. The molecule has 10 heteroatoms. The van der Waals surface area contributed by atoms with Crippen molar-refractivity contribution < 1.29 is 27.4 Å². The smallest absolute Gasteiger partial charge is 0.484 e. The van der Waals surface area contributed by atoms with Crippen molar-refractivity contribution in [1.29, 1.82) is 5.41 Å². The van der Waals surface area contributed by atoms with E-state index in [0.717, 1.165) is 25.0 Å². The molecular weight excluding hydrogens is 353 g/mol. The van der Waals surface area contributed by atoms with E-state index >= 15 is 0 Å². The molecule has 3 N–H and O–H groups in total. The second-order valence-electron chi connectivity index (χ2n) is 6.32.